The van der Waals surface area contributed by atoms with Gasteiger partial charge in [-0.2, -0.15) is 0 Å². The van der Waals surface area contributed by atoms with E-state index in [0.29, 0.717) is 19.6 Å². The van der Waals surface area contributed by atoms with E-state index in [4.69, 9.17) is 9.47 Å². The van der Waals surface area contributed by atoms with Gasteiger partial charge in [0.25, 0.3) is 0 Å². The number of amides is 1. The van der Waals surface area contributed by atoms with E-state index in [9.17, 15) is 14.7 Å². The van der Waals surface area contributed by atoms with E-state index < -0.39 is 12.1 Å². The van der Waals surface area contributed by atoms with Crippen molar-refractivity contribution >= 4 is 12.1 Å². The van der Waals surface area contributed by atoms with Crippen LogP contribution < -0.4 is 0 Å². The summed E-state index contributed by atoms with van der Waals surface area (Å²) in [6, 6.07) is -0.251. The number of hydrogen-bond acceptors (Lipinski definition) is 4. The number of rotatable bonds is 4. The predicted molar refractivity (Wildman–Crippen MR) is 69.0 cm³/mol. The lowest BCUT2D eigenvalue weighted by Crippen LogP contribution is -2.48. The molecule has 2 atom stereocenters. The molecule has 6 nitrogen and oxygen atoms in total. The van der Waals surface area contributed by atoms with E-state index in [1.165, 1.54) is 4.90 Å². The van der Waals surface area contributed by atoms with Crippen LogP contribution in [0.5, 0.6) is 0 Å². The summed E-state index contributed by atoms with van der Waals surface area (Å²) in [4.78, 5) is 23.9. The maximum absolute atomic E-state index is 11.3. The molecular formula is C13H23NO5. The molecule has 0 saturated carbocycles. The highest BCUT2D eigenvalue weighted by molar-refractivity contribution is 5.70. The molecule has 1 aliphatic rings. The molecule has 0 aromatic rings. The standard InChI is InChI=1S/C13H23NO5/c1-5-18-10(15)8-19-9-6-7-14(12(16)17)11(9)13(2,3)4/h9,11H,5-8H2,1-4H3,(H,16,17)/t9-,11?/m1/s1. The summed E-state index contributed by atoms with van der Waals surface area (Å²) in [5, 5.41) is 9.21. The summed E-state index contributed by atoms with van der Waals surface area (Å²) < 4.78 is 10.4. The molecule has 1 saturated heterocycles. The first kappa shape index (κ1) is 15.8. The van der Waals surface area contributed by atoms with E-state index in [0.717, 1.165) is 0 Å². The normalized spacial score (nSPS) is 23.5. The van der Waals surface area contributed by atoms with Crippen LogP contribution in [0.1, 0.15) is 34.1 Å². The number of hydrogen-bond donors (Lipinski definition) is 1. The van der Waals surface area contributed by atoms with Gasteiger partial charge >= 0.3 is 12.1 Å². The van der Waals surface area contributed by atoms with Crippen molar-refractivity contribution in [1.29, 1.82) is 0 Å². The first-order valence-electron chi connectivity index (χ1n) is 6.54. The lowest BCUT2D eigenvalue weighted by molar-refractivity contribution is -0.151. The van der Waals surface area contributed by atoms with Gasteiger partial charge in [-0.05, 0) is 18.8 Å². The number of carbonyl (C=O) groups excluding carboxylic acids is 1. The molecule has 1 amide bonds. The Morgan fingerprint density at radius 1 is 1.37 bits per heavy atom. The topological polar surface area (TPSA) is 76.1 Å². The van der Waals surface area contributed by atoms with E-state index in [2.05, 4.69) is 0 Å². The van der Waals surface area contributed by atoms with Gasteiger partial charge in [0, 0.05) is 6.54 Å². The smallest absolute Gasteiger partial charge is 0.407 e. The first-order valence-corrected chi connectivity index (χ1v) is 6.54. The van der Waals surface area contributed by atoms with E-state index in [1.54, 1.807) is 6.92 Å². The lowest BCUT2D eigenvalue weighted by Gasteiger charge is -2.36. The molecule has 0 aromatic heterocycles. The van der Waals surface area contributed by atoms with Crippen LogP contribution in [0.25, 0.3) is 0 Å². The summed E-state index contributed by atoms with van der Waals surface area (Å²) >= 11 is 0. The van der Waals surface area contributed by atoms with Crippen molar-refractivity contribution in [2.24, 2.45) is 5.41 Å². The largest absolute Gasteiger partial charge is 0.465 e. The highest BCUT2D eigenvalue weighted by Crippen LogP contribution is 2.34. The van der Waals surface area contributed by atoms with Gasteiger partial charge in [-0.1, -0.05) is 20.8 Å². The monoisotopic (exact) mass is 273 g/mol. The van der Waals surface area contributed by atoms with E-state index in [1.807, 2.05) is 20.8 Å². The van der Waals surface area contributed by atoms with Gasteiger partial charge < -0.3 is 19.5 Å². The van der Waals surface area contributed by atoms with Crippen LogP contribution in [0.15, 0.2) is 0 Å². The Morgan fingerprint density at radius 3 is 2.47 bits per heavy atom. The predicted octanol–water partition coefficient (Wildman–Crippen LogP) is 1.73. The molecule has 19 heavy (non-hydrogen) atoms. The Morgan fingerprint density at radius 2 is 2.00 bits per heavy atom. The second-order valence-corrected chi connectivity index (χ2v) is 5.73. The van der Waals surface area contributed by atoms with Gasteiger partial charge in [0.15, 0.2) is 0 Å². The number of ether oxygens (including phenoxy) is 2. The third-order valence-electron chi connectivity index (χ3n) is 3.20. The maximum atomic E-state index is 11.3. The number of nitrogens with zero attached hydrogens (tertiary/aromatic N) is 1. The molecule has 1 N–H and O–H groups in total. The Hall–Kier alpha value is -1.30. The highest BCUT2D eigenvalue weighted by atomic mass is 16.6. The molecule has 1 heterocycles. The minimum absolute atomic E-state index is 0.126. The van der Waals surface area contributed by atoms with E-state index in [-0.39, 0.29) is 24.2 Å². The zero-order chi connectivity index (χ0) is 14.6. The number of likely N-dealkylation sites (tertiary alicyclic amines) is 1. The quantitative estimate of drug-likeness (QED) is 0.789. The Labute approximate surface area is 113 Å². The van der Waals surface area contributed by atoms with Crippen LogP contribution in [-0.4, -0.2) is 54.0 Å². The minimum atomic E-state index is -0.942. The molecule has 0 spiro atoms. The molecule has 110 valence electrons. The van der Waals surface area contributed by atoms with E-state index >= 15 is 0 Å². The van der Waals surface area contributed by atoms with Crippen molar-refractivity contribution in [3.05, 3.63) is 0 Å². The lowest BCUT2D eigenvalue weighted by atomic mass is 9.84. The molecule has 0 radical (unpaired) electrons. The first-order chi connectivity index (χ1) is 8.77. The SMILES string of the molecule is CCOC(=O)CO[C@@H]1CCN(C(=O)O)C1C(C)(C)C. The average Bonchev–Trinajstić information content (AvgIpc) is 2.70. The molecule has 0 aromatic carbocycles. The van der Waals surface area contributed by atoms with Gasteiger partial charge in [-0.25, -0.2) is 9.59 Å². The molecule has 0 aliphatic carbocycles. The Kier molecular flexibility index (Phi) is 5.17. The fraction of sp³-hybridized carbons (Fsp3) is 0.846. The second-order valence-electron chi connectivity index (χ2n) is 5.73. The molecule has 1 unspecified atom stereocenters. The van der Waals surface area contributed by atoms with Gasteiger partial charge in [-0.15, -0.1) is 0 Å². The molecule has 0 bridgehead atoms. The molecule has 1 rings (SSSR count). The zero-order valence-corrected chi connectivity index (χ0v) is 12.0. The van der Waals surface area contributed by atoms with Crippen molar-refractivity contribution in [2.45, 2.75) is 46.3 Å². The highest BCUT2D eigenvalue weighted by Gasteiger charge is 2.44. The van der Waals surface area contributed by atoms with Crippen LogP contribution in [0.3, 0.4) is 0 Å². The van der Waals surface area contributed by atoms with Crippen molar-refractivity contribution in [2.75, 3.05) is 19.8 Å². The van der Waals surface area contributed by atoms with Crippen molar-refractivity contribution in [3.8, 4) is 0 Å². The van der Waals surface area contributed by atoms with Crippen molar-refractivity contribution < 1.29 is 24.2 Å². The summed E-state index contributed by atoms with van der Waals surface area (Å²) in [5.74, 6) is -0.413. The van der Waals surface area contributed by atoms with Crippen LogP contribution in [0, 0.1) is 5.41 Å². The molecule has 6 heteroatoms. The maximum Gasteiger partial charge on any atom is 0.407 e. The average molecular weight is 273 g/mol. The summed E-state index contributed by atoms with van der Waals surface area (Å²) in [5.41, 5.74) is -0.242. The minimum Gasteiger partial charge on any atom is -0.465 e. The fourth-order valence-corrected chi connectivity index (χ4v) is 2.56. The van der Waals surface area contributed by atoms with Gasteiger partial charge in [0.2, 0.25) is 0 Å². The van der Waals surface area contributed by atoms with Gasteiger partial charge in [0.05, 0.1) is 18.8 Å². The Balaban J connectivity index is 2.67. The fourth-order valence-electron chi connectivity index (χ4n) is 2.56. The van der Waals surface area contributed by atoms with Crippen molar-refractivity contribution in [1.82, 2.24) is 4.90 Å². The molecular weight excluding hydrogens is 250 g/mol. The van der Waals surface area contributed by atoms with Crippen molar-refractivity contribution in [3.63, 3.8) is 0 Å². The molecule has 1 fully saturated rings. The number of carboxylic acid groups (broad SMARTS) is 1. The summed E-state index contributed by atoms with van der Waals surface area (Å²) in [6.07, 6.45) is -0.601. The Bertz CT molecular complexity index is 336. The van der Waals surface area contributed by atoms with Crippen LogP contribution in [0.4, 0.5) is 4.79 Å². The summed E-state index contributed by atoms with van der Waals surface area (Å²) in [7, 11) is 0. The third-order valence-corrected chi connectivity index (χ3v) is 3.20. The number of esters is 1. The summed E-state index contributed by atoms with van der Waals surface area (Å²) in [6.45, 7) is 8.27. The van der Waals surface area contributed by atoms with Gasteiger partial charge in [-0.3, -0.25) is 0 Å². The van der Waals surface area contributed by atoms with Gasteiger partial charge in [0.1, 0.15) is 6.61 Å². The van der Waals surface area contributed by atoms with Crippen LogP contribution >= 0.6 is 0 Å². The van der Waals surface area contributed by atoms with Crippen LogP contribution in [0.2, 0.25) is 0 Å². The number of carbonyl (C=O) groups is 2. The van der Waals surface area contributed by atoms with Crippen LogP contribution in [-0.2, 0) is 14.3 Å². The third kappa shape index (κ3) is 4.09. The second kappa shape index (κ2) is 6.23. The molecule has 1 aliphatic heterocycles. The zero-order valence-electron chi connectivity index (χ0n) is 12.0.